The van der Waals surface area contributed by atoms with Crippen molar-refractivity contribution in [2.45, 2.75) is 37.9 Å². The van der Waals surface area contributed by atoms with E-state index in [1.165, 1.54) is 18.4 Å². The SMILES string of the molecule is CC1(C#N)CCN(c2c(C(=O)N3CCC(S(C)(=O)=O)CC3)cnc3ccc(F)cc23)CC1. The number of likely N-dealkylation sites (tertiary alicyclic amines) is 1. The molecule has 2 aliphatic heterocycles. The fourth-order valence-electron chi connectivity index (χ4n) is 4.64. The smallest absolute Gasteiger partial charge is 0.257 e. The number of amides is 1. The highest BCUT2D eigenvalue weighted by molar-refractivity contribution is 7.91. The van der Waals surface area contributed by atoms with Crippen LogP contribution in [0.2, 0.25) is 0 Å². The largest absolute Gasteiger partial charge is 0.370 e. The summed E-state index contributed by atoms with van der Waals surface area (Å²) in [7, 11) is -3.14. The van der Waals surface area contributed by atoms with E-state index in [-0.39, 0.29) is 5.91 Å². The fraction of sp³-hybridized carbons (Fsp3) is 0.522. The Kier molecular flexibility index (Phi) is 5.84. The fourth-order valence-corrected chi connectivity index (χ4v) is 5.71. The zero-order chi connectivity index (χ0) is 23.1. The Morgan fingerprint density at radius 1 is 1.22 bits per heavy atom. The molecule has 2 aromatic rings. The van der Waals surface area contributed by atoms with Crippen molar-refractivity contribution in [1.29, 1.82) is 5.26 Å². The lowest BCUT2D eigenvalue weighted by Gasteiger charge is -2.38. The van der Waals surface area contributed by atoms with Crippen LogP contribution in [-0.2, 0) is 9.84 Å². The van der Waals surface area contributed by atoms with Crippen LogP contribution in [0.25, 0.3) is 10.9 Å². The number of carbonyl (C=O) groups excluding carboxylic acids is 1. The molecule has 0 unspecified atom stereocenters. The molecule has 170 valence electrons. The van der Waals surface area contributed by atoms with Crippen LogP contribution in [0.5, 0.6) is 0 Å². The van der Waals surface area contributed by atoms with Crippen LogP contribution in [0.4, 0.5) is 10.1 Å². The van der Waals surface area contributed by atoms with Crippen molar-refractivity contribution in [3.8, 4) is 6.07 Å². The Labute approximate surface area is 187 Å². The summed E-state index contributed by atoms with van der Waals surface area (Å²) in [5, 5.41) is 9.62. The van der Waals surface area contributed by atoms with Gasteiger partial charge in [0.15, 0.2) is 0 Å². The van der Waals surface area contributed by atoms with Gasteiger partial charge in [0.05, 0.1) is 33.5 Å². The zero-order valence-electron chi connectivity index (χ0n) is 18.3. The molecular weight excluding hydrogens is 431 g/mol. The van der Waals surface area contributed by atoms with Gasteiger partial charge in [0.2, 0.25) is 0 Å². The number of rotatable bonds is 3. The number of halogens is 1. The Hall–Kier alpha value is -2.73. The van der Waals surface area contributed by atoms with Crippen molar-refractivity contribution in [3.05, 3.63) is 35.8 Å². The van der Waals surface area contributed by atoms with Gasteiger partial charge in [0, 0.05) is 44.0 Å². The number of pyridine rings is 1. The van der Waals surface area contributed by atoms with Crippen molar-refractivity contribution in [2.24, 2.45) is 5.41 Å². The third kappa shape index (κ3) is 4.29. The molecule has 2 fully saturated rings. The molecule has 0 atom stereocenters. The molecule has 2 saturated heterocycles. The monoisotopic (exact) mass is 458 g/mol. The minimum Gasteiger partial charge on any atom is -0.370 e. The number of nitriles is 1. The maximum Gasteiger partial charge on any atom is 0.257 e. The number of aromatic nitrogens is 1. The lowest BCUT2D eigenvalue weighted by atomic mass is 9.81. The maximum atomic E-state index is 14.2. The van der Waals surface area contributed by atoms with Gasteiger partial charge in [-0.25, -0.2) is 12.8 Å². The number of hydrogen-bond acceptors (Lipinski definition) is 6. The lowest BCUT2D eigenvalue weighted by molar-refractivity contribution is 0.0726. The minimum atomic E-state index is -3.14. The third-order valence-corrected chi connectivity index (χ3v) is 8.50. The minimum absolute atomic E-state index is 0.223. The van der Waals surface area contributed by atoms with Gasteiger partial charge in [0.25, 0.3) is 5.91 Å². The van der Waals surface area contributed by atoms with E-state index in [2.05, 4.69) is 16.0 Å². The van der Waals surface area contributed by atoms with Gasteiger partial charge in [-0.05, 0) is 50.8 Å². The third-order valence-electron chi connectivity index (χ3n) is 6.82. The second-order valence-electron chi connectivity index (χ2n) is 9.16. The van der Waals surface area contributed by atoms with Crippen molar-refractivity contribution in [2.75, 3.05) is 37.3 Å². The standard InChI is InChI=1S/C23H27FN4O3S/c1-23(15-25)7-11-27(12-8-23)21-18-13-16(24)3-4-20(18)26-14-19(21)22(29)28-9-5-17(6-10-28)32(2,30)31/h3-4,13-14,17H,5-12H2,1-2H3. The van der Waals surface area contributed by atoms with Crippen LogP contribution in [0.1, 0.15) is 43.0 Å². The second-order valence-corrected chi connectivity index (χ2v) is 11.5. The van der Waals surface area contributed by atoms with E-state index in [0.29, 0.717) is 74.0 Å². The summed E-state index contributed by atoms with van der Waals surface area (Å²) >= 11 is 0. The van der Waals surface area contributed by atoms with Gasteiger partial charge >= 0.3 is 0 Å². The first-order chi connectivity index (χ1) is 15.1. The topological polar surface area (TPSA) is 94.4 Å². The molecule has 1 aromatic carbocycles. The molecule has 0 N–H and O–H groups in total. The molecule has 1 aromatic heterocycles. The van der Waals surface area contributed by atoms with Crippen molar-refractivity contribution >= 4 is 32.3 Å². The highest BCUT2D eigenvalue weighted by Crippen LogP contribution is 2.37. The van der Waals surface area contributed by atoms with Crippen LogP contribution in [0.3, 0.4) is 0 Å². The average molecular weight is 459 g/mol. The van der Waals surface area contributed by atoms with E-state index in [9.17, 15) is 22.9 Å². The molecule has 2 aliphatic rings. The summed E-state index contributed by atoms with van der Waals surface area (Å²) in [6, 6.07) is 6.73. The first-order valence-corrected chi connectivity index (χ1v) is 12.8. The Morgan fingerprint density at radius 3 is 2.47 bits per heavy atom. The molecule has 9 heteroatoms. The normalized spacial score (nSPS) is 19.7. The van der Waals surface area contributed by atoms with Gasteiger partial charge in [-0.15, -0.1) is 0 Å². The van der Waals surface area contributed by atoms with Crippen molar-refractivity contribution in [1.82, 2.24) is 9.88 Å². The molecule has 32 heavy (non-hydrogen) atoms. The summed E-state index contributed by atoms with van der Waals surface area (Å²) in [6.07, 6.45) is 4.88. The van der Waals surface area contributed by atoms with Gasteiger partial charge < -0.3 is 9.80 Å². The molecule has 0 radical (unpaired) electrons. The van der Waals surface area contributed by atoms with Crippen LogP contribution >= 0.6 is 0 Å². The van der Waals surface area contributed by atoms with E-state index < -0.39 is 26.3 Å². The number of carbonyl (C=O) groups is 1. The van der Waals surface area contributed by atoms with Crippen LogP contribution < -0.4 is 4.90 Å². The van der Waals surface area contributed by atoms with E-state index >= 15 is 0 Å². The summed E-state index contributed by atoms with van der Waals surface area (Å²) < 4.78 is 37.9. The predicted molar refractivity (Wildman–Crippen MR) is 121 cm³/mol. The summed E-state index contributed by atoms with van der Waals surface area (Å²) in [5.74, 6) is -0.628. The number of hydrogen-bond donors (Lipinski definition) is 0. The molecule has 0 saturated carbocycles. The number of piperidine rings is 2. The van der Waals surface area contributed by atoms with Crippen LogP contribution in [-0.4, -0.2) is 61.9 Å². The Bertz CT molecular complexity index is 1190. The number of anilines is 1. The van der Waals surface area contributed by atoms with E-state index in [1.54, 1.807) is 17.2 Å². The molecule has 1 amide bonds. The maximum absolute atomic E-state index is 14.2. The summed E-state index contributed by atoms with van der Waals surface area (Å²) in [4.78, 5) is 21.6. The first kappa shape index (κ1) is 22.5. The number of nitrogens with zero attached hydrogens (tertiary/aromatic N) is 4. The molecule has 7 nitrogen and oxygen atoms in total. The number of benzene rings is 1. The highest BCUT2D eigenvalue weighted by Gasteiger charge is 2.34. The van der Waals surface area contributed by atoms with Crippen molar-refractivity contribution in [3.63, 3.8) is 0 Å². The zero-order valence-corrected chi connectivity index (χ0v) is 19.2. The number of sulfone groups is 1. The van der Waals surface area contributed by atoms with Gasteiger partial charge in [-0.3, -0.25) is 9.78 Å². The van der Waals surface area contributed by atoms with Crippen molar-refractivity contribution < 1.29 is 17.6 Å². The predicted octanol–water partition coefficient (Wildman–Crippen LogP) is 3.15. The van der Waals surface area contributed by atoms with Crippen LogP contribution in [0, 0.1) is 22.6 Å². The molecule has 3 heterocycles. The van der Waals surface area contributed by atoms with Gasteiger partial charge in [-0.2, -0.15) is 5.26 Å². The first-order valence-electron chi connectivity index (χ1n) is 10.8. The summed E-state index contributed by atoms with van der Waals surface area (Å²) in [6.45, 7) is 3.80. The van der Waals surface area contributed by atoms with Crippen LogP contribution in [0.15, 0.2) is 24.4 Å². The average Bonchev–Trinajstić information content (AvgIpc) is 2.78. The molecule has 4 rings (SSSR count). The van der Waals surface area contributed by atoms with E-state index in [4.69, 9.17) is 0 Å². The van der Waals surface area contributed by atoms with Gasteiger partial charge in [0.1, 0.15) is 15.7 Å². The highest BCUT2D eigenvalue weighted by atomic mass is 32.2. The Balaban J connectivity index is 1.70. The number of fused-ring (bicyclic) bond motifs is 1. The molecule has 0 aliphatic carbocycles. The molecular formula is C23H27FN4O3S. The lowest BCUT2D eigenvalue weighted by Crippen LogP contribution is -2.43. The summed E-state index contributed by atoms with van der Waals surface area (Å²) in [5.41, 5.74) is 1.22. The second kappa shape index (κ2) is 8.32. The van der Waals surface area contributed by atoms with E-state index in [0.717, 1.165) is 0 Å². The quantitative estimate of drug-likeness (QED) is 0.701. The Morgan fingerprint density at radius 2 is 1.88 bits per heavy atom. The van der Waals surface area contributed by atoms with Gasteiger partial charge in [-0.1, -0.05) is 0 Å². The van der Waals surface area contributed by atoms with E-state index in [1.807, 2.05) is 6.92 Å². The molecule has 0 bridgehead atoms. The molecule has 0 spiro atoms.